The van der Waals surface area contributed by atoms with Gasteiger partial charge in [0.2, 0.25) is 11.8 Å². The predicted octanol–water partition coefficient (Wildman–Crippen LogP) is 2.72. The topological polar surface area (TPSA) is 49.4 Å². The summed E-state index contributed by atoms with van der Waals surface area (Å²) < 4.78 is 0. The monoisotopic (exact) mass is 328 g/mol. The summed E-state index contributed by atoms with van der Waals surface area (Å²) in [6.45, 7) is 3.66. The highest BCUT2D eigenvalue weighted by atomic mass is 32.1. The van der Waals surface area contributed by atoms with Crippen LogP contribution < -0.4 is 5.32 Å². The van der Waals surface area contributed by atoms with Crippen LogP contribution in [0.4, 0.5) is 0 Å². The molecule has 2 amide bonds. The zero-order valence-electron chi connectivity index (χ0n) is 13.1. The van der Waals surface area contributed by atoms with E-state index in [9.17, 15) is 9.59 Å². The largest absolute Gasteiger partial charge is 0.351 e. The van der Waals surface area contributed by atoms with Gasteiger partial charge in [0.1, 0.15) is 0 Å². The second kappa shape index (κ2) is 6.96. The summed E-state index contributed by atoms with van der Waals surface area (Å²) in [5.74, 6) is -0.215. The van der Waals surface area contributed by atoms with E-state index in [2.05, 4.69) is 5.32 Å². The lowest BCUT2D eigenvalue weighted by Gasteiger charge is -2.16. The molecule has 1 aliphatic heterocycles. The molecule has 3 rings (SSSR count). The van der Waals surface area contributed by atoms with Crippen molar-refractivity contribution in [3.8, 4) is 0 Å². The predicted molar refractivity (Wildman–Crippen MR) is 90.9 cm³/mol. The van der Waals surface area contributed by atoms with Crippen LogP contribution in [0.1, 0.15) is 22.4 Å². The van der Waals surface area contributed by atoms with Gasteiger partial charge in [-0.15, -0.1) is 11.3 Å². The molecule has 23 heavy (non-hydrogen) atoms. The number of hydrogen-bond donors (Lipinski definition) is 1. The van der Waals surface area contributed by atoms with E-state index >= 15 is 0 Å². The third-order valence-corrected chi connectivity index (χ3v) is 4.97. The molecule has 0 aliphatic carbocycles. The molecule has 120 valence electrons. The van der Waals surface area contributed by atoms with Crippen molar-refractivity contribution in [2.45, 2.75) is 26.4 Å². The number of aryl methyl sites for hydroxylation is 1. The normalized spacial score (nSPS) is 17.5. The SMILES string of the molecule is Cc1ccc(CN2CC(C(=O)NCc3cccs3)CC2=O)cc1. The number of likely N-dealkylation sites (tertiary alicyclic amines) is 1. The first-order valence-corrected chi connectivity index (χ1v) is 8.63. The van der Waals surface area contributed by atoms with Crippen LogP contribution in [-0.4, -0.2) is 23.3 Å². The second-order valence-electron chi connectivity index (χ2n) is 5.96. The smallest absolute Gasteiger partial charge is 0.225 e. The maximum absolute atomic E-state index is 12.2. The number of carbonyl (C=O) groups is 2. The van der Waals surface area contributed by atoms with Crippen LogP contribution in [0.3, 0.4) is 0 Å². The summed E-state index contributed by atoms with van der Waals surface area (Å²) in [5, 5.41) is 4.92. The maximum Gasteiger partial charge on any atom is 0.225 e. The average Bonchev–Trinajstić information content (AvgIpc) is 3.18. The van der Waals surface area contributed by atoms with Gasteiger partial charge in [-0.2, -0.15) is 0 Å². The van der Waals surface area contributed by atoms with Crippen molar-refractivity contribution in [1.82, 2.24) is 10.2 Å². The number of benzene rings is 1. The first kappa shape index (κ1) is 15.7. The molecule has 4 nitrogen and oxygen atoms in total. The summed E-state index contributed by atoms with van der Waals surface area (Å²) in [4.78, 5) is 27.3. The third-order valence-electron chi connectivity index (χ3n) is 4.10. The van der Waals surface area contributed by atoms with E-state index in [1.165, 1.54) is 5.56 Å². The lowest BCUT2D eigenvalue weighted by Crippen LogP contribution is -2.32. The van der Waals surface area contributed by atoms with Crippen molar-refractivity contribution in [1.29, 1.82) is 0 Å². The van der Waals surface area contributed by atoms with Gasteiger partial charge in [-0.05, 0) is 23.9 Å². The Morgan fingerprint density at radius 1 is 1.30 bits per heavy atom. The number of carbonyl (C=O) groups excluding carboxylic acids is 2. The summed E-state index contributed by atoms with van der Waals surface area (Å²) in [5.41, 5.74) is 2.30. The Morgan fingerprint density at radius 3 is 2.78 bits per heavy atom. The Morgan fingerprint density at radius 2 is 2.09 bits per heavy atom. The molecule has 1 aliphatic rings. The lowest BCUT2D eigenvalue weighted by molar-refractivity contribution is -0.129. The Labute approximate surface area is 140 Å². The maximum atomic E-state index is 12.2. The molecule has 5 heteroatoms. The number of hydrogen-bond acceptors (Lipinski definition) is 3. The number of rotatable bonds is 5. The Bertz CT molecular complexity index is 680. The first-order chi connectivity index (χ1) is 11.1. The molecular weight excluding hydrogens is 308 g/mol. The van der Waals surface area contributed by atoms with Gasteiger partial charge in [-0.25, -0.2) is 0 Å². The van der Waals surface area contributed by atoms with Gasteiger partial charge >= 0.3 is 0 Å². The van der Waals surface area contributed by atoms with Gasteiger partial charge < -0.3 is 10.2 Å². The highest BCUT2D eigenvalue weighted by Crippen LogP contribution is 2.21. The molecule has 1 aromatic carbocycles. The molecule has 1 unspecified atom stereocenters. The minimum Gasteiger partial charge on any atom is -0.351 e. The molecule has 1 aromatic heterocycles. The molecule has 2 heterocycles. The third kappa shape index (κ3) is 3.99. The molecule has 0 radical (unpaired) electrons. The fourth-order valence-corrected chi connectivity index (χ4v) is 3.39. The molecule has 1 fully saturated rings. The minimum absolute atomic E-state index is 0.0295. The Kier molecular flexibility index (Phi) is 4.76. The zero-order chi connectivity index (χ0) is 16.2. The summed E-state index contributed by atoms with van der Waals surface area (Å²) in [6, 6.07) is 12.1. The standard InChI is InChI=1S/C18H20N2O2S/c1-13-4-6-14(7-5-13)11-20-12-15(9-17(20)21)18(22)19-10-16-3-2-8-23-16/h2-8,15H,9-12H2,1H3,(H,19,22). The van der Waals surface area contributed by atoms with E-state index in [1.54, 1.807) is 16.2 Å². The number of thiophene rings is 1. The summed E-state index contributed by atoms with van der Waals surface area (Å²) in [6.07, 6.45) is 0.308. The molecule has 0 bridgehead atoms. The Hall–Kier alpha value is -2.14. The van der Waals surface area contributed by atoms with Crippen LogP contribution in [0.25, 0.3) is 0 Å². The Balaban J connectivity index is 1.54. The second-order valence-corrected chi connectivity index (χ2v) is 6.99. The van der Waals surface area contributed by atoms with E-state index in [1.807, 2.05) is 48.7 Å². The van der Waals surface area contributed by atoms with Crippen molar-refractivity contribution in [3.05, 3.63) is 57.8 Å². The minimum atomic E-state index is -0.243. The van der Waals surface area contributed by atoms with Crippen LogP contribution in [0.5, 0.6) is 0 Å². The molecule has 1 saturated heterocycles. The molecule has 0 saturated carbocycles. The van der Waals surface area contributed by atoms with Crippen LogP contribution in [0.2, 0.25) is 0 Å². The van der Waals surface area contributed by atoms with E-state index in [0.717, 1.165) is 10.4 Å². The van der Waals surface area contributed by atoms with Crippen molar-refractivity contribution in [2.75, 3.05) is 6.54 Å². The van der Waals surface area contributed by atoms with E-state index in [0.29, 0.717) is 26.1 Å². The van der Waals surface area contributed by atoms with Crippen LogP contribution >= 0.6 is 11.3 Å². The summed E-state index contributed by atoms with van der Waals surface area (Å²) in [7, 11) is 0. The highest BCUT2D eigenvalue weighted by molar-refractivity contribution is 7.09. The quantitative estimate of drug-likeness (QED) is 0.917. The van der Waals surface area contributed by atoms with Gasteiger partial charge in [0.15, 0.2) is 0 Å². The van der Waals surface area contributed by atoms with Gasteiger partial charge in [-0.3, -0.25) is 9.59 Å². The summed E-state index contributed by atoms with van der Waals surface area (Å²) >= 11 is 1.62. The van der Waals surface area contributed by atoms with Crippen LogP contribution in [-0.2, 0) is 22.7 Å². The van der Waals surface area contributed by atoms with Crippen molar-refractivity contribution in [3.63, 3.8) is 0 Å². The van der Waals surface area contributed by atoms with Crippen molar-refractivity contribution < 1.29 is 9.59 Å². The van der Waals surface area contributed by atoms with E-state index in [4.69, 9.17) is 0 Å². The molecule has 0 spiro atoms. The molecule has 2 aromatic rings. The van der Waals surface area contributed by atoms with E-state index in [-0.39, 0.29) is 17.7 Å². The number of nitrogens with one attached hydrogen (secondary N) is 1. The van der Waals surface area contributed by atoms with Crippen molar-refractivity contribution >= 4 is 23.2 Å². The highest BCUT2D eigenvalue weighted by Gasteiger charge is 2.34. The van der Waals surface area contributed by atoms with Gasteiger partial charge in [-0.1, -0.05) is 35.9 Å². The van der Waals surface area contributed by atoms with Crippen LogP contribution in [0.15, 0.2) is 41.8 Å². The van der Waals surface area contributed by atoms with Gasteiger partial charge in [0, 0.05) is 24.4 Å². The van der Waals surface area contributed by atoms with Crippen LogP contribution in [0, 0.1) is 12.8 Å². The van der Waals surface area contributed by atoms with Gasteiger partial charge in [0.25, 0.3) is 0 Å². The fraction of sp³-hybridized carbons (Fsp3) is 0.333. The number of nitrogens with zero attached hydrogens (tertiary/aromatic N) is 1. The number of amides is 2. The lowest BCUT2D eigenvalue weighted by atomic mass is 10.1. The molecule has 1 atom stereocenters. The molecule has 1 N–H and O–H groups in total. The van der Waals surface area contributed by atoms with E-state index < -0.39 is 0 Å². The zero-order valence-corrected chi connectivity index (χ0v) is 13.9. The van der Waals surface area contributed by atoms with Gasteiger partial charge in [0.05, 0.1) is 12.5 Å². The fourth-order valence-electron chi connectivity index (χ4n) is 2.75. The first-order valence-electron chi connectivity index (χ1n) is 7.75. The van der Waals surface area contributed by atoms with Crippen molar-refractivity contribution in [2.24, 2.45) is 5.92 Å². The average molecular weight is 328 g/mol. The molecular formula is C18H20N2O2S.